The standard InChI is InChI=1S/C19H18F6O4/c1-3-28-11(26)7-10(18(20,21)22)15-12-8-5-6-9(13(12)15)16(19(23,24)25)14(8)17(27)29-4-2/h5-9,12-13,15H,3-4H2,1-2H3/b10-7-/t8-,9+,12-,13+,15?/m1/s1. The monoisotopic (exact) mass is 424 g/mol. The summed E-state index contributed by atoms with van der Waals surface area (Å²) in [7, 11) is 0. The van der Waals surface area contributed by atoms with E-state index in [1.165, 1.54) is 26.0 Å². The maximum Gasteiger partial charge on any atom is 0.413 e. The largest absolute Gasteiger partial charge is 0.463 e. The third-order valence-corrected chi connectivity index (χ3v) is 5.49. The third-order valence-electron chi connectivity index (χ3n) is 5.49. The highest BCUT2D eigenvalue weighted by atomic mass is 19.4. The van der Waals surface area contributed by atoms with Gasteiger partial charge in [0.1, 0.15) is 0 Å². The van der Waals surface area contributed by atoms with Gasteiger partial charge in [0, 0.05) is 23.5 Å². The van der Waals surface area contributed by atoms with Crippen LogP contribution in [0.25, 0.3) is 0 Å². The normalized spacial score (nSPS) is 30.9. The van der Waals surface area contributed by atoms with Crippen LogP contribution in [0.4, 0.5) is 26.3 Å². The van der Waals surface area contributed by atoms with Gasteiger partial charge in [0.25, 0.3) is 0 Å². The number of hydrogen-bond acceptors (Lipinski definition) is 4. The molecule has 4 nitrogen and oxygen atoms in total. The highest BCUT2D eigenvalue weighted by Crippen LogP contribution is 2.70. The van der Waals surface area contributed by atoms with Gasteiger partial charge in [-0.15, -0.1) is 0 Å². The lowest BCUT2D eigenvalue weighted by Crippen LogP contribution is -2.35. The first-order chi connectivity index (χ1) is 13.4. The van der Waals surface area contributed by atoms with Crippen LogP contribution in [0.2, 0.25) is 0 Å². The second kappa shape index (κ2) is 7.21. The Morgan fingerprint density at radius 3 is 2.03 bits per heavy atom. The van der Waals surface area contributed by atoms with Crippen molar-refractivity contribution in [3.05, 3.63) is 34.9 Å². The smallest absolute Gasteiger partial charge is 0.413 e. The molecule has 160 valence electrons. The fourth-order valence-corrected chi connectivity index (χ4v) is 4.61. The van der Waals surface area contributed by atoms with E-state index in [-0.39, 0.29) is 13.2 Å². The number of rotatable bonds is 5. The molecule has 0 saturated heterocycles. The number of esters is 2. The number of carbonyl (C=O) groups is 2. The summed E-state index contributed by atoms with van der Waals surface area (Å²) in [4.78, 5) is 23.8. The Bertz CT molecular complexity index is 804. The number of alkyl halides is 6. The molecule has 0 aromatic heterocycles. The molecular formula is C19H18F6O4. The minimum atomic E-state index is -4.92. The lowest BCUT2D eigenvalue weighted by Gasteiger charge is -2.35. The first-order valence-corrected chi connectivity index (χ1v) is 9.05. The number of carbonyl (C=O) groups excluding carboxylic acids is 2. The van der Waals surface area contributed by atoms with Crippen molar-refractivity contribution < 1.29 is 45.4 Å². The first kappa shape index (κ1) is 21.4. The van der Waals surface area contributed by atoms with Crippen LogP contribution in [0.1, 0.15) is 13.8 Å². The van der Waals surface area contributed by atoms with Crippen LogP contribution in [0.15, 0.2) is 34.9 Å². The summed E-state index contributed by atoms with van der Waals surface area (Å²) in [6.07, 6.45) is -6.96. The zero-order valence-electron chi connectivity index (χ0n) is 15.4. The Hall–Kier alpha value is -2.26. The SMILES string of the molecule is CCOC(=O)/C=C(/C1[C@@H]2[C@H]1[C@H]1C=C[C@@H]2C(C(F)(F)F)=C1C(=O)OCC)C(F)(F)F. The van der Waals surface area contributed by atoms with Gasteiger partial charge < -0.3 is 9.47 Å². The number of hydrogen-bond donors (Lipinski definition) is 0. The Balaban J connectivity index is 2.02. The Kier molecular flexibility index (Phi) is 5.33. The summed E-state index contributed by atoms with van der Waals surface area (Å²) in [6.45, 7) is 2.54. The molecule has 10 heteroatoms. The molecule has 4 rings (SSSR count). The quantitative estimate of drug-likeness (QED) is 0.288. The van der Waals surface area contributed by atoms with E-state index < -0.39 is 70.6 Å². The molecular weight excluding hydrogens is 406 g/mol. The molecule has 2 bridgehead atoms. The van der Waals surface area contributed by atoms with E-state index in [4.69, 9.17) is 4.74 Å². The summed E-state index contributed by atoms with van der Waals surface area (Å²) in [5, 5.41) is 0. The molecule has 0 aromatic rings. The molecule has 29 heavy (non-hydrogen) atoms. The highest BCUT2D eigenvalue weighted by Gasteiger charge is 2.70. The third kappa shape index (κ3) is 3.69. The van der Waals surface area contributed by atoms with E-state index in [1.807, 2.05) is 0 Å². The van der Waals surface area contributed by atoms with Crippen molar-refractivity contribution in [3.63, 3.8) is 0 Å². The van der Waals surface area contributed by atoms with Crippen LogP contribution < -0.4 is 0 Å². The number of allylic oxidation sites excluding steroid dienone is 4. The Morgan fingerprint density at radius 2 is 1.52 bits per heavy atom. The van der Waals surface area contributed by atoms with Gasteiger partial charge in [0.2, 0.25) is 0 Å². The van der Waals surface area contributed by atoms with Crippen molar-refractivity contribution >= 4 is 11.9 Å². The van der Waals surface area contributed by atoms with Gasteiger partial charge in [-0.05, 0) is 31.6 Å². The molecule has 0 aromatic carbocycles. The van der Waals surface area contributed by atoms with Crippen LogP contribution in [0.5, 0.6) is 0 Å². The van der Waals surface area contributed by atoms with Crippen LogP contribution >= 0.6 is 0 Å². The van der Waals surface area contributed by atoms with E-state index >= 15 is 0 Å². The minimum Gasteiger partial charge on any atom is -0.463 e. The maximum atomic E-state index is 13.7. The molecule has 0 heterocycles. The van der Waals surface area contributed by atoms with Gasteiger partial charge in [-0.25, -0.2) is 9.59 Å². The minimum absolute atomic E-state index is 0.141. The average Bonchev–Trinajstić information content (AvgIpc) is 3.35. The van der Waals surface area contributed by atoms with Crippen molar-refractivity contribution in [2.45, 2.75) is 26.2 Å². The Labute approximate surface area is 162 Å². The number of halogens is 6. The molecule has 0 spiro atoms. The summed E-state index contributed by atoms with van der Waals surface area (Å²) < 4.78 is 91.2. The zero-order valence-corrected chi connectivity index (χ0v) is 15.4. The van der Waals surface area contributed by atoms with Crippen LogP contribution in [0, 0.1) is 29.6 Å². The van der Waals surface area contributed by atoms with E-state index in [0.717, 1.165) is 0 Å². The van der Waals surface area contributed by atoms with Crippen LogP contribution in [-0.2, 0) is 19.1 Å². The lowest BCUT2D eigenvalue weighted by molar-refractivity contribution is -0.141. The summed E-state index contributed by atoms with van der Waals surface area (Å²) in [6, 6.07) is 0. The summed E-state index contributed by atoms with van der Waals surface area (Å²) >= 11 is 0. The molecule has 4 aliphatic rings. The summed E-state index contributed by atoms with van der Waals surface area (Å²) in [5.41, 5.74) is -3.01. The molecule has 1 unspecified atom stereocenters. The van der Waals surface area contributed by atoms with Gasteiger partial charge >= 0.3 is 24.3 Å². The molecule has 1 saturated carbocycles. The molecule has 5 atom stereocenters. The van der Waals surface area contributed by atoms with E-state index in [0.29, 0.717) is 6.08 Å². The maximum absolute atomic E-state index is 13.7. The topological polar surface area (TPSA) is 52.6 Å². The van der Waals surface area contributed by atoms with Crippen LogP contribution in [0.3, 0.4) is 0 Å². The summed E-state index contributed by atoms with van der Waals surface area (Å²) in [5.74, 6) is -8.14. The van der Waals surface area contributed by atoms with Crippen molar-refractivity contribution in [1.82, 2.24) is 0 Å². The second-order valence-corrected chi connectivity index (χ2v) is 7.01. The number of ether oxygens (including phenoxy) is 2. The molecule has 0 aliphatic heterocycles. The fourth-order valence-electron chi connectivity index (χ4n) is 4.61. The van der Waals surface area contributed by atoms with Gasteiger partial charge in [-0.2, -0.15) is 26.3 Å². The van der Waals surface area contributed by atoms with Crippen molar-refractivity contribution in [2.75, 3.05) is 13.2 Å². The fraction of sp³-hybridized carbons (Fsp3) is 0.579. The average molecular weight is 424 g/mol. The van der Waals surface area contributed by atoms with Crippen LogP contribution in [-0.4, -0.2) is 37.5 Å². The van der Waals surface area contributed by atoms with Crippen molar-refractivity contribution in [2.24, 2.45) is 29.6 Å². The van der Waals surface area contributed by atoms with E-state index in [1.54, 1.807) is 0 Å². The van der Waals surface area contributed by atoms with E-state index in [2.05, 4.69) is 4.74 Å². The first-order valence-electron chi connectivity index (χ1n) is 9.05. The molecule has 0 radical (unpaired) electrons. The highest BCUT2D eigenvalue weighted by molar-refractivity contribution is 5.92. The molecule has 1 fully saturated rings. The van der Waals surface area contributed by atoms with Gasteiger partial charge in [0.15, 0.2) is 0 Å². The Morgan fingerprint density at radius 1 is 0.966 bits per heavy atom. The molecule has 0 N–H and O–H groups in total. The second-order valence-electron chi connectivity index (χ2n) is 7.01. The van der Waals surface area contributed by atoms with E-state index in [9.17, 15) is 35.9 Å². The van der Waals surface area contributed by atoms with Crippen molar-refractivity contribution in [1.29, 1.82) is 0 Å². The van der Waals surface area contributed by atoms with Crippen molar-refractivity contribution in [3.8, 4) is 0 Å². The predicted octanol–water partition coefficient (Wildman–Crippen LogP) is 4.14. The lowest BCUT2D eigenvalue weighted by atomic mass is 9.71. The predicted molar refractivity (Wildman–Crippen MR) is 87.1 cm³/mol. The zero-order chi connectivity index (χ0) is 21.7. The molecule has 4 aliphatic carbocycles. The van der Waals surface area contributed by atoms with Gasteiger partial charge in [-0.1, -0.05) is 12.2 Å². The molecule has 0 amide bonds. The van der Waals surface area contributed by atoms with Gasteiger partial charge in [0.05, 0.1) is 24.4 Å². The van der Waals surface area contributed by atoms with Gasteiger partial charge in [-0.3, -0.25) is 0 Å².